The number of rotatable bonds is 8. The van der Waals surface area contributed by atoms with Crippen LogP contribution in [0.15, 0.2) is 261 Å². The van der Waals surface area contributed by atoms with Crippen LogP contribution in [0, 0.1) is 0 Å². The first kappa shape index (κ1) is 37.7. The van der Waals surface area contributed by atoms with Crippen LogP contribution in [0.1, 0.15) is 0 Å². The van der Waals surface area contributed by atoms with Crippen LogP contribution in [0.3, 0.4) is 0 Å². The summed E-state index contributed by atoms with van der Waals surface area (Å²) in [5.74, 6) is 0. The lowest BCUT2D eigenvalue weighted by Crippen LogP contribution is -2.72. The Balaban J connectivity index is 1.02. The maximum absolute atomic E-state index is 2.76. The van der Waals surface area contributed by atoms with E-state index in [2.05, 4.69) is 266 Å². The maximum atomic E-state index is 2.52. The first-order valence-electron chi connectivity index (χ1n) is 22.2. The maximum Gasteiger partial charge on any atom is 0.180 e. The molecule has 64 heavy (non-hydrogen) atoms. The molecule has 0 aliphatic carbocycles. The molecule has 12 rings (SSSR count). The van der Waals surface area contributed by atoms with Gasteiger partial charge in [0.05, 0.1) is 5.69 Å². The van der Waals surface area contributed by atoms with Crippen LogP contribution in [0.5, 0.6) is 0 Å². The third kappa shape index (κ3) is 6.22. The van der Waals surface area contributed by atoms with Gasteiger partial charge in [-0.3, -0.25) is 0 Å². The van der Waals surface area contributed by atoms with Crippen molar-refractivity contribution in [3.8, 4) is 44.5 Å². The highest BCUT2D eigenvalue weighted by Gasteiger charge is 2.49. The number of nitrogens with zero attached hydrogens (tertiary/aromatic N) is 1. The third-order valence-corrected chi connectivity index (χ3v) is 18.2. The van der Waals surface area contributed by atoms with Gasteiger partial charge >= 0.3 is 0 Å². The second-order valence-electron chi connectivity index (χ2n) is 16.8. The average Bonchev–Trinajstić information content (AvgIpc) is 3.67. The van der Waals surface area contributed by atoms with Gasteiger partial charge in [-0.1, -0.05) is 231 Å². The molecule has 0 fully saturated rings. The molecular formula is C62H43NSi. The molecule has 0 unspecified atom stereocenters. The Morgan fingerprint density at radius 1 is 0.266 bits per heavy atom. The van der Waals surface area contributed by atoms with Crippen LogP contribution < -0.4 is 25.6 Å². The van der Waals surface area contributed by atoms with Crippen molar-refractivity contribution in [3.05, 3.63) is 261 Å². The largest absolute Gasteiger partial charge is 0.310 e. The van der Waals surface area contributed by atoms with Crippen molar-refractivity contribution in [2.45, 2.75) is 0 Å². The molecule has 0 atom stereocenters. The summed E-state index contributed by atoms with van der Waals surface area (Å²) in [5.41, 5.74) is 13.4. The van der Waals surface area contributed by atoms with E-state index in [-0.39, 0.29) is 0 Å². The van der Waals surface area contributed by atoms with Gasteiger partial charge in [0.1, 0.15) is 0 Å². The van der Waals surface area contributed by atoms with Crippen LogP contribution in [0.25, 0.3) is 66.1 Å². The molecule has 1 aliphatic heterocycles. The smallest absolute Gasteiger partial charge is 0.180 e. The lowest BCUT2D eigenvalue weighted by molar-refractivity contribution is 1.30. The predicted molar refractivity (Wildman–Crippen MR) is 275 cm³/mol. The monoisotopic (exact) mass is 829 g/mol. The molecule has 0 saturated heterocycles. The molecule has 0 spiro atoms. The van der Waals surface area contributed by atoms with E-state index in [4.69, 9.17) is 0 Å². The summed E-state index contributed by atoms with van der Waals surface area (Å²) in [6.45, 7) is 0. The fourth-order valence-electron chi connectivity index (χ4n) is 10.4. The van der Waals surface area contributed by atoms with E-state index in [0.29, 0.717) is 0 Å². The highest BCUT2D eigenvalue weighted by atomic mass is 28.3. The summed E-state index contributed by atoms with van der Waals surface area (Å²) in [6, 6.07) is 96.7. The molecule has 0 N–H and O–H groups in total. The minimum atomic E-state index is -2.76. The Hall–Kier alpha value is -8.04. The van der Waals surface area contributed by atoms with Gasteiger partial charge in [0.25, 0.3) is 0 Å². The summed E-state index contributed by atoms with van der Waals surface area (Å²) in [6.07, 6.45) is 0. The van der Waals surface area contributed by atoms with Crippen molar-refractivity contribution in [1.29, 1.82) is 0 Å². The number of hydrogen-bond donors (Lipinski definition) is 0. The molecule has 11 aromatic carbocycles. The Labute approximate surface area is 375 Å². The third-order valence-electron chi connectivity index (χ3n) is 13.3. The molecule has 2 heteroatoms. The van der Waals surface area contributed by atoms with Crippen molar-refractivity contribution >= 4 is 67.4 Å². The standard InChI is InChI=1S/C62H43NSi/c1-5-17-44(18-6-1)46-29-35-51(36-30-46)63(60-41-50-21-13-14-26-55(50)56-27-15-16-28-57(56)60)52-37-31-47(32-38-52)49-34-40-59-58-39-33-48(45-19-7-2-8-20-45)42-61(58)64(62(59)43-49,53-22-9-3-10-23-53)54-24-11-4-12-25-54/h1-43H. The van der Waals surface area contributed by atoms with Crippen molar-refractivity contribution in [2.24, 2.45) is 0 Å². The van der Waals surface area contributed by atoms with E-state index >= 15 is 0 Å². The quantitative estimate of drug-likeness (QED) is 0.109. The second kappa shape index (κ2) is 15.7. The van der Waals surface area contributed by atoms with Crippen molar-refractivity contribution in [2.75, 3.05) is 4.90 Å². The van der Waals surface area contributed by atoms with Gasteiger partial charge in [-0.15, -0.1) is 0 Å². The van der Waals surface area contributed by atoms with Gasteiger partial charge in [0.15, 0.2) is 8.07 Å². The number of benzene rings is 11. The fraction of sp³-hybridized carbons (Fsp3) is 0. The van der Waals surface area contributed by atoms with E-state index in [9.17, 15) is 0 Å². The highest BCUT2D eigenvalue weighted by molar-refractivity contribution is 7.22. The molecule has 0 bridgehead atoms. The van der Waals surface area contributed by atoms with E-state index in [1.807, 2.05) is 0 Å². The van der Waals surface area contributed by atoms with E-state index < -0.39 is 8.07 Å². The van der Waals surface area contributed by atoms with E-state index in [1.165, 1.54) is 86.8 Å². The van der Waals surface area contributed by atoms with Crippen LogP contribution in [0.4, 0.5) is 17.1 Å². The van der Waals surface area contributed by atoms with Crippen LogP contribution in [0.2, 0.25) is 0 Å². The number of fused-ring (bicyclic) bond motifs is 6. The first-order valence-corrected chi connectivity index (χ1v) is 24.2. The summed E-state index contributed by atoms with van der Waals surface area (Å²) in [7, 11) is -2.76. The fourth-order valence-corrected chi connectivity index (χ4v) is 15.6. The SMILES string of the molecule is c1ccc(-c2ccc(N(c3ccc(-c4ccc5c(c4)[Si](c4ccccc4)(c4ccccc4)c4cc(-c6ccccc6)ccc4-5)cc3)c3cc4ccccc4c4ccccc34)cc2)cc1. The van der Waals surface area contributed by atoms with Gasteiger partial charge in [-0.05, 0) is 112 Å². The van der Waals surface area contributed by atoms with Crippen molar-refractivity contribution in [3.63, 3.8) is 0 Å². The van der Waals surface area contributed by atoms with Crippen LogP contribution in [-0.2, 0) is 0 Å². The molecule has 300 valence electrons. The summed E-state index contributed by atoms with van der Waals surface area (Å²) < 4.78 is 0. The lowest BCUT2D eigenvalue weighted by atomic mass is 9.97. The van der Waals surface area contributed by atoms with Crippen molar-refractivity contribution < 1.29 is 0 Å². The molecule has 11 aromatic rings. The first-order chi connectivity index (χ1) is 31.7. The van der Waals surface area contributed by atoms with E-state index in [1.54, 1.807) is 0 Å². The molecule has 0 saturated carbocycles. The van der Waals surface area contributed by atoms with Crippen LogP contribution in [-0.4, -0.2) is 8.07 Å². The van der Waals surface area contributed by atoms with Gasteiger partial charge in [-0.25, -0.2) is 0 Å². The molecule has 0 aromatic heterocycles. The minimum Gasteiger partial charge on any atom is -0.310 e. The van der Waals surface area contributed by atoms with E-state index in [0.717, 1.165) is 17.1 Å². The highest BCUT2D eigenvalue weighted by Crippen LogP contribution is 2.43. The molecule has 1 heterocycles. The average molecular weight is 830 g/mol. The van der Waals surface area contributed by atoms with Crippen molar-refractivity contribution in [1.82, 2.24) is 0 Å². The molecule has 0 radical (unpaired) electrons. The van der Waals surface area contributed by atoms with Crippen LogP contribution >= 0.6 is 0 Å². The molecule has 0 amide bonds. The zero-order valence-corrected chi connectivity index (χ0v) is 36.3. The predicted octanol–water partition coefficient (Wildman–Crippen LogP) is 13.8. The molecule has 1 nitrogen and oxygen atoms in total. The zero-order chi connectivity index (χ0) is 42.5. The lowest BCUT2D eigenvalue weighted by Gasteiger charge is -2.32. The zero-order valence-electron chi connectivity index (χ0n) is 35.3. The summed E-state index contributed by atoms with van der Waals surface area (Å²) in [5, 5.41) is 10.6. The van der Waals surface area contributed by atoms with Gasteiger partial charge < -0.3 is 4.90 Å². The number of hydrogen-bond acceptors (Lipinski definition) is 1. The Morgan fingerprint density at radius 3 is 1.16 bits per heavy atom. The Morgan fingerprint density at radius 2 is 0.641 bits per heavy atom. The van der Waals surface area contributed by atoms with Gasteiger partial charge in [0.2, 0.25) is 0 Å². The molecular weight excluding hydrogens is 787 g/mol. The topological polar surface area (TPSA) is 3.24 Å². The Kier molecular flexibility index (Phi) is 9.25. The van der Waals surface area contributed by atoms with Gasteiger partial charge in [0, 0.05) is 16.8 Å². The summed E-state index contributed by atoms with van der Waals surface area (Å²) in [4.78, 5) is 2.43. The number of anilines is 3. The molecule has 1 aliphatic rings. The van der Waals surface area contributed by atoms with Gasteiger partial charge in [-0.2, -0.15) is 0 Å². The Bertz CT molecular complexity index is 3420. The normalized spacial score (nSPS) is 12.5. The summed E-state index contributed by atoms with van der Waals surface area (Å²) >= 11 is 0. The second-order valence-corrected chi connectivity index (χ2v) is 20.6. The minimum absolute atomic E-state index is 1.11.